The molecule has 2 heterocycles. The maximum Gasteiger partial charge on any atom is 0.266 e. The summed E-state index contributed by atoms with van der Waals surface area (Å²) in [5.41, 5.74) is 2.89. The molecule has 8 heteroatoms. The van der Waals surface area contributed by atoms with Gasteiger partial charge in [-0.3, -0.25) is 9.59 Å². The van der Waals surface area contributed by atoms with Gasteiger partial charge < -0.3 is 15.5 Å². The van der Waals surface area contributed by atoms with E-state index in [2.05, 4.69) is 15.5 Å². The second kappa shape index (κ2) is 10.5. The molecule has 172 valence electrons. The van der Waals surface area contributed by atoms with Gasteiger partial charge in [-0.05, 0) is 86.8 Å². The van der Waals surface area contributed by atoms with E-state index in [1.54, 1.807) is 6.07 Å². The number of nitrogens with one attached hydrogen (secondary N) is 2. The summed E-state index contributed by atoms with van der Waals surface area (Å²) in [6.45, 7) is 5.26. The van der Waals surface area contributed by atoms with Gasteiger partial charge in [-0.25, -0.2) is 4.39 Å². The third-order valence-electron chi connectivity index (χ3n) is 5.66. The monoisotopic (exact) mass is 485 g/mol. The molecule has 2 aromatic carbocycles. The summed E-state index contributed by atoms with van der Waals surface area (Å²) >= 11 is 7.15. The van der Waals surface area contributed by atoms with Crippen LogP contribution in [0.1, 0.15) is 44.0 Å². The van der Waals surface area contributed by atoms with Crippen LogP contribution in [0.25, 0.3) is 0 Å². The largest absolute Gasteiger partial charge is 0.321 e. The minimum atomic E-state index is -0.512. The average Bonchev–Trinajstić information content (AvgIpc) is 3.42. The van der Waals surface area contributed by atoms with Gasteiger partial charge in [-0.1, -0.05) is 23.7 Å². The Morgan fingerprint density at radius 2 is 1.76 bits per heavy atom. The van der Waals surface area contributed by atoms with Gasteiger partial charge in [0.15, 0.2) is 0 Å². The highest BCUT2D eigenvalue weighted by atomic mass is 35.5. The topological polar surface area (TPSA) is 61.4 Å². The van der Waals surface area contributed by atoms with Crippen molar-refractivity contribution in [3.8, 4) is 0 Å². The van der Waals surface area contributed by atoms with Crippen molar-refractivity contribution in [2.75, 3.05) is 30.3 Å². The van der Waals surface area contributed by atoms with Crippen molar-refractivity contribution in [1.82, 2.24) is 4.90 Å². The van der Waals surface area contributed by atoms with Crippen LogP contribution in [-0.2, 0) is 6.42 Å². The van der Waals surface area contributed by atoms with Crippen molar-refractivity contribution in [2.45, 2.75) is 26.2 Å². The first-order valence-corrected chi connectivity index (χ1v) is 12.1. The third kappa shape index (κ3) is 5.99. The number of hydrogen-bond acceptors (Lipinski definition) is 4. The van der Waals surface area contributed by atoms with Crippen LogP contribution in [0.5, 0.6) is 0 Å². The number of aryl methyl sites for hydroxylation is 1. The van der Waals surface area contributed by atoms with Crippen molar-refractivity contribution in [3.63, 3.8) is 0 Å². The van der Waals surface area contributed by atoms with Gasteiger partial charge in [0, 0.05) is 12.2 Å². The fourth-order valence-electron chi connectivity index (χ4n) is 3.86. The van der Waals surface area contributed by atoms with E-state index in [-0.39, 0.29) is 16.5 Å². The van der Waals surface area contributed by atoms with E-state index in [1.807, 2.05) is 31.2 Å². The van der Waals surface area contributed by atoms with Crippen LogP contribution in [0.15, 0.2) is 48.5 Å². The van der Waals surface area contributed by atoms with Gasteiger partial charge >= 0.3 is 0 Å². The fraction of sp³-hybridized carbons (Fsp3) is 0.280. The lowest BCUT2D eigenvalue weighted by Gasteiger charge is -2.14. The SMILES string of the molecule is Cc1cc(NC(=O)c2ccc(F)cc2Cl)sc1C(=O)Nc1ccc(CCN2CCCC2)cc1. The summed E-state index contributed by atoms with van der Waals surface area (Å²) in [5.74, 6) is -1.21. The summed E-state index contributed by atoms with van der Waals surface area (Å²) in [4.78, 5) is 28.3. The van der Waals surface area contributed by atoms with Crippen LogP contribution in [0.2, 0.25) is 5.02 Å². The van der Waals surface area contributed by atoms with E-state index in [0.717, 1.165) is 30.3 Å². The first-order valence-electron chi connectivity index (χ1n) is 10.9. The number of benzene rings is 2. The maximum absolute atomic E-state index is 13.2. The molecule has 4 rings (SSSR count). The van der Waals surface area contributed by atoms with Crippen LogP contribution in [-0.4, -0.2) is 36.3 Å². The second-order valence-corrected chi connectivity index (χ2v) is 9.61. The zero-order chi connectivity index (χ0) is 23.4. The van der Waals surface area contributed by atoms with E-state index in [9.17, 15) is 14.0 Å². The Balaban J connectivity index is 1.36. The Morgan fingerprint density at radius 1 is 1.03 bits per heavy atom. The van der Waals surface area contributed by atoms with E-state index >= 15 is 0 Å². The number of likely N-dealkylation sites (tertiary alicyclic amines) is 1. The number of anilines is 2. The molecule has 2 N–H and O–H groups in total. The molecule has 1 aromatic heterocycles. The van der Waals surface area contributed by atoms with E-state index < -0.39 is 11.7 Å². The Labute approximate surface area is 201 Å². The number of thiophene rings is 1. The average molecular weight is 486 g/mol. The zero-order valence-electron chi connectivity index (χ0n) is 18.3. The Bertz CT molecular complexity index is 1160. The molecule has 1 saturated heterocycles. The van der Waals surface area contributed by atoms with Gasteiger partial charge in [0.25, 0.3) is 11.8 Å². The molecule has 0 atom stereocenters. The third-order valence-corrected chi connectivity index (χ3v) is 7.13. The Kier molecular flexibility index (Phi) is 7.42. The minimum absolute atomic E-state index is 0.0302. The number of carbonyl (C=O) groups is 2. The maximum atomic E-state index is 13.2. The van der Waals surface area contributed by atoms with Gasteiger partial charge in [0.2, 0.25) is 0 Å². The van der Waals surface area contributed by atoms with E-state index in [1.165, 1.54) is 55.0 Å². The van der Waals surface area contributed by atoms with Crippen LogP contribution >= 0.6 is 22.9 Å². The smallest absolute Gasteiger partial charge is 0.266 e. The van der Waals surface area contributed by atoms with Crippen molar-refractivity contribution < 1.29 is 14.0 Å². The molecule has 0 aliphatic carbocycles. The normalized spacial score (nSPS) is 13.8. The predicted octanol–water partition coefficient (Wildman–Crippen LogP) is 5.99. The van der Waals surface area contributed by atoms with Crippen molar-refractivity contribution in [1.29, 1.82) is 0 Å². The molecule has 0 unspecified atom stereocenters. The molecule has 3 aromatic rings. The highest BCUT2D eigenvalue weighted by Gasteiger charge is 2.17. The fourth-order valence-corrected chi connectivity index (χ4v) is 5.07. The molecule has 0 saturated carbocycles. The molecule has 5 nitrogen and oxygen atoms in total. The van der Waals surface area contributed by atoms with Gasteiger partial charge in [-0.2, -0.15) is 0 Å². The molecule has 33 heavy (non-hydrogen) atoms. The van der Waals surface area contributed by atoms with Crippen LogP contribution in [0, 0.1) is 12.7 Å². The van der Waals surface area contributed by atoms with E-state index in [0.29, 0.717) is 9.88 Å². The quantitative estimate of drug-likeness (QED) is 0.432. The minimum Gasteiger partial charge on any atom is -0.321 e. The second-order valence-electron chi connectivity index (χ2n) is 8.15. The van der Waals surface area contributed by atoms with Gasteiger partial charge in [0.1, 0.15) is 5.82 Å². The van der Waals surface area contributed by atoms with Crippen molar-refractivity contribution in [3.05, 3.63) is 80.9 Å². The van der Waals surface area contributed by atoms with Gasteiger partial charge in [0.05, 0.1) is 20.5 Å². The Hall–Kier alpha value is -2.74. The first kappa shape index (κ1) is 23.4. The van der Waals surface area contributed by atoms with Crippen LogP contribution in [0.4, 0.5) is 15.1 Å². The van der Waals surface area contributed by atoms with Crippen molar-refractivity contribution in [2.24, 2.45) is 0 Å². The molecule has 1 aliphatic rings. The molecule has 1 fully saturated rings. The van der Waals surface area contributed by atoms with Crippen LogP contribution in [0.3, 0.4) is 0 Å². The molecule has 0 radical (unpaired) electrons. The molecular weight excluding hydrogens is 461 g/mol. The molecular formula is C25H25ClFN3O2S. The highest BCUT2D eigenvalue weighted by molar-refractivity contribution is 7.18. The highest BCUT2D eigenvalue weighted by Crippen LogP contribution is 2.29. The lowest BCUT2D eigenvalue weighted by atomic mass is 10.1. The summed E-state index contributed by atoms with van der Waals surface area (Å²) in [6.07, 6.45) is 3.58. The van der Waals surface area contributed by atoms with Gasteiger partial charge in [-0.15, -0.1) is 11.3 Å². The summed E-state index contributed by atoms with van der Waals surface area (Å²) < 4.78 is 13.2. The predicted molar refractivity (Wildman–Crippen MR) is 132 cm³/mol. The summed E-state index contributed by atoms with van der Waals surface area (Å²) in [5, 5.41) is 6.20. The summed E-state index contributed by atoms with van der Waals surface area (Å²) in [7, 11) is 0. The number of hydrogen-bond donors (Lipinski definition) is 2. The zero-order valence-corrected chi connectivity index (χ0v) is 19.9. The van der Waals surface area contributed by atoms with E-state index in [4.69, 9.17) is 11.6 Å². The number of halogens is 2. The molecule has 0 bridgehead atoms. The Morgan fingerprint density at radius 3 is 2.45 bits per heavy atom. The summed E-state index contributed by atoms with van der Waals surface area (Å²) in [6, 6.07) is 13.3. The molecule has 2 amide bonds. The standard InChI is InChI=1S/C25H25ClFN3O2S/c1-16-14-22(29-24(31)20-9-6-18(27)15-21(20)26)33-23(16)25(32)28-19-7-4-17(5-8-19)10-13-30-11-2-3-12-30/h4-9,14-15H,2-3,10-13H2,1H3,(H,28,32)(H,29,31). The number of rotatable bonds is 7. The number of nitrogens with zero attached hydrogens (tertiary/aromatic N) is 1. The van der Waals surface area contributed by atoms with Crippen molar-refractivity contribution >= 4 is 45.4 Å². The van der Waals surface area contributed by atoms with Crippen LogP contribution < -0.4 is 10.6 Å². The molecule has 1 aliphatic heterocycles. The molecule has 0 spiro atoms. The number of amides is 2. The first-order chi connectivity index (χ1) is 15.9. The number of carbonyl (C=O) groups excluding carboxylic acids is 2. The lowest BCUT2D eigenvalue weighted by Crippen LogP contribution is -2.21. The lowest BCUT2D eigenvalue weighted by molar-refractivity contribution is 0.102.